The molecule has 0 bridgehead atoms. The maximum atomic E-state index is 11.9. The molecule has 128 valence electrons. The summed E-state index contributed by atoms with van der Waals surface area (Å²) in [6, 6.07) is 10.3. The summed E-state index contributed by atoms with van der Waals surface area (Å²) >= 11 is 5.06. The van der Waals surface area contributed by atoms with E-state index >= 15 is 0 Å². The van der Waals surface area contributed by atoms with Crippen molar-refractivity contribution in [3.8, 4) is 5.75 Å². The molecule has 1 heterocycles. The second-order valence-electron chi connectivity index (χ2n) is 5.21. The predicted molar refractivity (Wildman–Crippen MR) is 102 cm³/mol. The lowest BCUT2D eigenvalue weighted by molar-refractivity contribution is 0.0734. The van der Waals surface area contributed by atoms with Gasteiger partial charge in [0.2, 0.25) is 0 Å². The summed E-state index contributed by atoms with van der Waals surface area (Å²) in [5.74, 6) is -0.0114. The van der Waals surface area contributed by atoms with Gasteiger partial charge in [-0.15, -0.1) is 0 Å². The Hall–Kier alpha value is -3.06. The van der Waals surface area contributed by atoms with Crippen LogP contribution in [0.25, 0.3) is 0 Å². The van der Waals surface area contributed by atoms with Gasteiger partial charge in [0.1, 0.15) is 5.75 Å². The van der Waals surface area contributed by atoms with Crippen LogP contribution in [0.2, 0.25) is 0 Å². The number of aromatic nitrogens is 1. The molecule has 7 heteroatoms. The molecule has 1 aromatic carbocycles. The van der Waals surface area contributed by atoms with Crippen LogP contribution < -0.4 is 15.5 Å². The summed E-state index contributed by atoms with van der Waals surface area (Å²) in [6.45, 7) is 6.28. The smallest absolute Gasteiger partial charge is 0.345 e. The minimum atomic E-state index is -0.454. The number of pyridine rings is 1. The van der Waals surface area contributed by atoms with Crippen molar-refractivity contribution in [1.29, 1.82) is 0 Å². The quantitative estimate of drug-likeness (QED) is 0.207. The van der Waals surface area contributed by atoms with Crippen LogP contribution in [0, 0.1) is 0 Å². The number of esters is 1. The van der Waals surface area contributed by atoms with Crippen molar-refractivity contribution in [2.75, 3.05) is 6.54 Å². The van der Waals surface area contributed by atoms with Gasteiger partial charge in [-0.05, 0) is 61.1 Å². The SMILES string of the molecule is C=C(C)CNC(=S)N/N=C/c1ccc(OC(=O)c2cccnc2)cc1. The molecule has 1 aromatic heterocycles. The molecule has 0 amide bonds. The summed E-state index contributed by atoms with van der Waals surface area (Å²) in [5.41, 5.74) is 4.91. The Kier molecular flexibility index (Phi) is 6.79. The summed E-state index contributed by atoms with van der Waals surface area (Å²) in [4.78, 5) is 15.8. The third-order valence-corrected chi connectivity index (χ3v) is 3.15. The fraction of sp³-hybridized carbons (Fsp3) is 0.111. The van der Waals surface area contributed by atoms with E-state index in [9.17, 15) is 4.79 Å². The van der Waals surface area contributed by atoms with Gasteiger partial charge < -0.3 is 10.1 Å². The number of carbonyl (C=O) groups is 1. The molecule has 0 aliphatic carbocycles. The molecule has 2 rings (SSSR count). The average molecular weight is 354 g/mol. The summed E-state index contributed by atoms with van der Waals surface area (Å²) < 4.78 is 5.27. The van der Waals surface area contributed by atoms with Crippen molar-refractivity contribution in [2.45, 2.75) is 6.92 Å². The Morgan fingerprint density at radius 2 is 2.12 bits per heavy atom. The maximum Gasteiger partial charge on any atom is 0.345 e. The van der Waals surface area contributed by atoms with Crippen molar-refractivity contribution in [2.24, 2.45) is 5.10 Å². The van der Waals surface area contributed by atoms with Gasteiger partial charge in [0.15, 0.2) is 5.11 Å². The van der Waals surface area contributed by atoms with Crippen LogP contribution in [-0.4, -0.2) is 28.8 Å². The first-order chi connectivity index (χ1) is 12.0. The van der Waals surface area contributed by atoms with E-state index in [4.69, 9.17) is 17.0 Å². The molecule has 0 saturated heterocycles. The van der Waals surface area contributed by atoms with Crippen LogP contribution in [0.5, 0.6) is 5.75 Å². The molecule has 2 N–H and O–H groups in total. The standard InChI is InChI=1S/C18H18N4O2S/c1-13(2)10-20-18(25)22-21-11-14-5-7-16(8-6-14)24-17(23)15-4-3-9-19-12-15/h3-9,11-12H,1,10H2,2H3,(H2,20,22,25)/b21-11+. The van der Waals surface area contributed by atoms with Crippen LogP contribution >= 0.6 is 12.2 Å². The predicted octanol–water partition coefficient (Wildman–Crippen LogP) is 2.67. The number of thiocarbonyl (C=S) groups is 1. The van der Waals surface area contributed by atoms with E-state index < -0.39 is 5.97 Å². The first-order valence-electron chi connectivity index (χ1n) is 7.48. The molecule has 6 nitrogen and oxygen atoms in total. The molecule has 0 atom stereocenters. The Bertz CT molecular complexity index is 773. The zero-order valence-corrected chi connectivity index (χ0v) is 14.5. The summed E-state index contributed by atoms with van der Waals surface area (Å²) in [5, 5.41) is 7.41. The molecule has 0 unspecified atom stereocenters. The molecule has 0 spiro atoms. The Morgan fingerprint density at radius 3 is 2.76 bits per heavy atom. The first kappa shape index (κ1) is 18.3. The topological polar surface area (TPSA) is 75.6 Å². The van der Waals surface area contributed by atoms with Gasteiger partial charge in [0.25, 0.3) is 0 Å². The highest BCUT2D eigenvalue weighted by molar-refractivity contribution is 7.80. The third-order valence-electron chi connectivity index (χ3n) is 2.92. The second-order valence-corrected chi connectivity index (χ2v) is 5.62. The van der Waals surface area contributed by atoms with E-state index in [-0.39, 0.29) is 0 Å². The molecule has 0 aliphatic heterocycles. The van der Waals surface area contributed by atoms with Gasteiger partial charge in [-0.2, -0.15) is 5.10 Å². The molecule has 0 radical (unpaired) electrons. The lowest BCUT2D eigenvalue weighted by Gasteiger charge is -2.06. The summed E-state index contributed by atoms with van der Waals surface area (Å²) in [7, 11) is 0. The zero-order chi connectivity index (χ0) is 18.1. The fourth-order valence-electron chi connectivity index (χ4n) is 1.71. The largest absolute Gasteiger partial charge is 0.423 e. The lowest BCUT2D eigenvalue weighted by Crippen LogP contribution is -2.32. The van der Waals surface area contributed by atoms with Crippen LogP contribution in [0.15, 0.2) is 66.0 Å². The highest BCUT2D eigenvalue weighted by atomic mass is 32.1. The minimum absolute atomic E-state index is 0.396. The zero-order valence-electron chi connectivity index (χ0n) is 13.7. The average Bonchev–Trinajstić information content (AvgIpc) is 2.62. The molecule has 0 saturated carbocycles. The van der Waals surface area contributed by atoms with E-state index in [1.165, 1.54) is 6.20 Å². The molecular weight excluding hydrogens is 336 g/mol. The van der Waals surface area contributed by atoms with Gasteiger partial charge in [-0.1, -0.05) is 12.2 Å². The van der Waals surface area contributed by atoms with Crippen LogP contribution in [0.3, 0.4) is 0 Å². The molecule has 25 heavy (non-hydrogen) atoms. The first-order valence-corrected chi connectivity index (χ1v) is 7.89. The lowest BCUT2D eigenvalue weighted by atomic mass is 10.2. The highest BCUT2D eigenvalue weighted by Crippen LogP contribution is 2.13. The normalized spacial score (nSPS) is 10.3. The molecule has 2 aromatic rings. The number of hydrogen-bond donors (Lipinski definition) is 2. The van der Waals surface area contributed by atoms with Gasteiger partial charge in [-0.3, -0.25) is 10.4 Å². The van der Waals surface area contributed by atoms with Crippen LogP contribution in [0.4, 0.5) is 0 Å². The number of carbonyl (C=O) groups excluding carboxylic acids is 1. The monoisotopic (exact) mass is 354 g/mol. The number of nitrogens with zero attached hydrogens (tertiary/aromatic N) is 2. The minimum Gasteiger partial charge on any atom is -0.423 e. The fourth-order valence-corrected chi connectivity index (χ4v) is 1.83. The Morgan fingerprint density at radius 1 is 1.36 bits per heavy atom. The Balaban J connectivity index is 1.85. The van der Waals surface area contributed by atoms with E-state index in [1.807, 2.05) is 6.92 Å². The summed E-state index contributed by atoms with van der Waals surface area (Å²) in [6.07, 6.45) is 4.67. The number of benzene rings is 1. The van der Waals surface area contributed by atoms with Gasteiger partial charge in [-0.25, -0.2) is 4.79 Å². The molecular formula is C18H18N4O2S. The van der Waals surface area contributed by atoms with Crippen LogP contribution in [0.1, 0.15) is 22.8 Å². The van der Waals surface area contributed by atoms with E-state index in [2.05, 4.69) is 27.4 Å². The second kappa shape index (κ2) is 9.29. The van der Waals surface area contributed by atoms with Gasteiger partial charge in [0, 0.05) is 18.9 Å². The van der Waals surface area contributed by atoms with E-state index in [0.29, 0.717) is 23.0 Å². The highest BCUT2D eigenvalue weighted by Gasteiger charge is 2.07. The van der Waals surface area contributed by atoms with Crippen molar-refractivity contribution < 1.29 is 9.53 Å². The van der Waals surface area contributed by atoms with Crippen LogP contribution in [-0.2, 0) is 0 Å². The molecule has 0 fully saturated rings. The van der Waals surface area contributed by atoms with Gasteiger partial charge >= 0.3 is 5.97 Å². The molecule has 0 aliphatic rings. The number of rotatable bonds is 6. The van der Waals surface area contributed by atoms with E-state index in [1.54, 1.807) is 48.8 Å². The number of nitrogens with one attached hydrogen (secondary N) is 2. The maximum absolute atomic E-state index is 11.9. The van der Waals surface area contributed by atoms with Crippen molar-refractivity contribution >= 4 is 29.5 Å². The number of hydrogen-bond acceptors (Lipinski definition) is 5. The van der Waals surface area contributed by atoms with Gasteiger partial charge in [0.05, 0.1) is 11.8 Å². The van der Waals surface area contributed by atoms with E-state index in [0.717, 1.165) is 11.1 Å². The number of hydrazone groups is 1. The third kappa shape index (κ3) is 6.52. The van der Waals surface area contributed by atoms with Crippen molar-refractivity contribution in [3.05, 3.63) is 72.1 Å². The Labute approximate surface area is 151 Å². The van der Waals surface area contributed by atoms with Crippen molar-refractivity contribution in [3.63, 3.8) is 0 Å². The number of ether oxygens (including phenoxy) is 1. The van der Waals surface area contributed by atoms with Crippen molar-refractivity contribution in [1.82, 2.24) is 15.7 Å².